The van der Waals surface area contributed by atoms with Crippen LogP contribution in [-0.2, 0) is 14.4 Å². The predicted octanol–water partition coefficient (Wildman–Crippen LogP) is 3.22. The minimum absolute atomic E-state index is 0.0236. The molecule has 0 saturated carbocycles. The summed E-state index contributed by atoms with van der Waals surface area (Å²) in [4.78, 5) is 44.0. The highest BCUT2D eigenvalue weighted by Crippen LogP contribution is 2.52. The minimum Gasteiger partial charge on any atom is -0.869 e. The van der Waals surface area contributed by atoms with Crippen molar-refractivity contribution in [1.82, 2.24) is 5.06 Å². The number of Topliss-reactive ketones (excluding diaryl/α,β-unsaturated/α-hetero) is 2. The van der Waals surface area contributed by atoms with E-state index in [1.54, 1.807) is 20.8 Å². The maximum Gasteiger partial charge on any atom is 0.406 e. The molecule has 0 radical (unpaired) electrons. The van der Waals surface area contributed by atoms with Gasteiger partial charge in [-0.1, -0.05) is 39.8 Å². The molecule has 2 aromatic rings. The fourth-order valence-corrected chi connectivity index (χ4v) is 5.48. The molecule has 13 heteroatoms. The Morgan fingerprint density at radius 1 is 0.907 bits per heavy atom. The monoisotopic (exact) mass is 594 g/mol. The molecule has 0 fully saturated rings. The zero-order valence-electron chi connectivity index (χ0n) is 23.7. The van der Waals surface area contributed by atoms with Gasteiger partial charge in [-0.25, -0.2) is 0 Å². The van der Waals surface area contributed by atoms with Gasteiger partial charge in [0.2, 0.25) is 11.5 Å². The molecule has 43 heavy (non-hydrogen) atoms. The number of fused-ring (bicyclic) bond motifs is 2. The SMILES string of the molecule is CC[C@@H](C)[C@]12Oc3cc(C4=C(O)C(=O)C(c5ccc(O)cc5)=C([O-])C4=O)ccc3O[N@+]1(O)C(O)=C([C@@H](C)CC)N(O)C2=O. The molecule has 0 saturated heterocycles. The van der Waals surface area contributed by atoms with Crippen molar-refractivity contribution in [2.45, 2.75) is 46.3 Å². The first-order valence-corrected chi connectivity index (χ1v) is 13.6. The molecule has 1 aliphatic carbocycles. The Labute approximate surface area is 245 Å². The largest absolute Gasteiger partial charge is 0.869 e. The van der Waals surface area contributed by atoms with E-state index in [4.69, 9.17) is 9.57 Å². The molecule has 3 aliphatic rings. The Balaban J connectivity index is 1.64. The zero-order chi connectivity index (χ0) is 31.6. The number of hydrogen-bond donors (Lipinski definition) is 5. The van der Waals surface area contributed by atoms with Crippen molar-refractivity contribution in [1.29, 1.82) is 0 Å². The van der Waals surface area contributed by atoms with Crippen LogP contribution in [0.1, 0.15) is 51.7 Å². The van der Waals surface area contributed by atoms with Crippen molar-refractivity contribution in [3.05, 3.63) is 76.7 Å². The summed E-state index contributed by atoms with van der Waals surface area (Å²) in [6, 6.07) is 8.51. The first-order valence-electron chi connectivity index (χ1n) is 13.6. The van der Waals surface area contributed by atoms with Crippen LogP contribution in [0.2, 0.25) is 0 Å². The fourth-order valence-electron chi connectivity index (χ4n) is 5.48. The average Bonchev–Trinajstić information content (AvgIpc) is 2.99. The maximum atomic E-state index is 13.8. The number of ketones is 2. The summed E-state index contributed by atoms with van der Waals surface area (Å²) in [5.74, 6) is -8.58. The molecule has 2 aromatic carbocycles. The highest BCUT2D eigenvalue weighted by molar-refractivity contribution is 6.46. The van der Waals surface area contributed by atoms with Crippen LogP contribution < -0.4 is 14.7 Å². The predicted molar refractivity (Wildman–Crippen MR) is 144 cm³/mol. The third-order valence-electron chi connectivity index (χ3n) is 8.28. The summed E-state index contributed by atoms with van der Waals surface area (Å²) in [7, 11) is 0. The number of phenolic OH excluding ortho intramolecular Hbond substituents is 1. The van der Waals surface area contributed by atoms with Crippen LogP contribution in [-0.4, -0.2) is 58.8 Å². The lowest BCUT2D eigenvalue weighted by atomic mass is 9.86. The quantitative estimate of drug-likeness (QED) is 0.187. The van der Waals surface area contributed by atoms with Crippen molar-refractivity contribution < 1.29 is 59.6 Å². The van der Waals surface area contributed by atoms with Crippen molar-refractivity contribution in [3.63, 3.8) is 0 Å². The normalized spacial score (nSPS) is 25.3. The van der Waals surface area contributed by atoms with E-state index in [-0.39, 0.29) is 45.6 Å². The molecule has 13 nitrogen and oxygen atoms in total. The molecule has 226 valence electrons. The van der Waals surface area contributed by atoms with Gasteiger partial charge in [0.25, 0.3) is 0 Å². The number of hydroxylamine groups is 6. The number of phenols is 1. The fraction of sp³-hybridized carbons (Fsp3) is 0.300. The Morgan fingerprint density at radius 2 is 1.53 bits per heavy atom. The Bertz CT molecular complexity index is 1660. The number of aromatic hydroxyl groups is 1. The van der Waals surface area contributed by atoms with Gasteiger partial charge >= 0.3 is 17.5 Å². The Kier molecular flexibility index (Phi) is 7.00. The highest BCUT2D eigenvalue weighted by atomic mass is 17.0. The molecule has 2 heterocycles. The molecule has 0 aromatic heterocycles. The number of ether oxygens (including phenoxy) is 1. The number of quaternary nitrogens is 1. The van der Waals surface area contributed by atoms with Crippen molar-refractivity contribution in [3.8, 4) is 17.2 Å². The zero-order valence-corrected chi connectivity index (χ0v) is 23.7. The van der Waals surface area contributed by atoms with Crippen LogP contribution >= 0.6 is 0 Å². The minimum atomic E-state index is -2.46. The summed E-state index contributed by atoms with van der Waals surface area (Å²) in [6.45, 7) is 6.60. The third kappa shape index (κ3) is 4.00. The Morgan fingerprint density at radius 3 is 2.14 bits per heavy atom. The van der Waals surface area contributed by atoms with E-state index in [1.807, 2.05) is 0 Å². The van der Waals surface area contributed by atoms with Gasteiger partial charge in [-0.15, -0.1) is 0 Å². The first-order chi connectivity index (χ1) is 20.2. The van der Waals surface area contributed by atoms with E-state index in [1.165, 1.54) is 43.3 Å². The lowest BCUT2D eigenvalue weighted by molar-refractivity contribution is -1.25. The molecule has 0 bridgehead atoms. The molecule has 5 N–H and O–H groups in total. The second-order valence-corrected chi connectivity index (χ2v) is 10.7. The van der Waals surface area contributed by atoms with E-state index < -0.39 is 68.4 Å². The first kappa shape index (κ1) is 29.6. The smallest absolute Gasteiger partial charge is 0.406 e. The van der Waals surface area contributed by atoms with Gasteiger partial charge in [-0.05, 0) is 60.1 Å². The summed E-state index contributed by atoms with van der Waals surface area (Å²) in [5.41, 5.74) is -4.06. The molecular weight excluding hydrogens is 564 g/mol. The van der Waals surface area contributed by atoms with Crippen molar-refractivity contribution >= 4 is 28.6 Å². The van der Waals surface area contributed by atoms with Crippen LogP contribution in [0.4, 0.5) is 0 Å². The number of carbonyl (C=O) groups is 3. The van der Waals surface area contributed by atoms with Crippen molar-refractivity contribution in [2.24, 2.45) is 11.8 Å². The topological polar surface area (TPSA) is 197 Å². The second kappa shape index (κ2) is 10.2. The lowest BCUT2D eigenvalue weighted by Gasteiger charge is -2.49. The number of nitrogens with zero attached hydrogens (tertiary/aromatic N) is 2. The van der Waals surface area contributed by atoms with Gasteiger partial charge < -0.3 is 25.2 Å². The number of amides is 1. The summed E-state index contributed by atoms with van der Waals surface area (Å²) in [5, 5.41) is 67.6. The van der Waals surface area contributed by atoms with Crippen LogP contribution in [0.5, 0.6) is 17.2 Å². The molecule has 0 unspecified atom stereocenters. The van der Waals surface area contributed by atoms with E-state index in [0.29, 0.717) is 6.42 Å². The standard InChI is InChI=1S/C30H30N2O11/c1-5-14(3)23-28(38)32(41)30(15(4)6-2,29(39)31(23)40)42-20-13-17(9-12-19(20)43-32)22-26(36)24(34)21(25(35)27(22)37)16-7-10-18(33)11-8-16/h7-15,40-41H,5-6H2,1-4H3,(H3-,33,34,35,36,37,38)/t14-,15+,30+,32+/m0/s1. The van der Waals surface area contributed by atoms with Gasteiger partial charge in [0, 0.05) is 11.5 Å². The van der Waals surface area contributed by atoms with Gasteiger partial charge in [-0.3, -0.25) is 24.4 Å². The number of aliphatic hydroxyl groups excluding tert-OH is 2. The molecule has 1 amide bonds. The lowest BCUT2D eigenvalue weighted by Crippen LogP contribution is -2.79. The number of allylic oxidation sites excluding steroid dienone is 3. The van der Waals surface area contributed by atoms with Crippen LogP contribution in [0.3, 0.4) is 0 Å². The van der Waals surface area contributed by atoms with Crippen LogP contribution in [0.25, 0.3) is 11.1 Å². The molecule has 2 aliphatic heterocycles. The van der Waals surface area contributed by atoms with Gasteiger partial charge in [0.05, 0.1) is 11.5 Å². The van der Waals surface area contributed by atoms with E-state index >= 15 is 0 Å². The number of aliphatic hydroxyl groups is 2. The molecule has 5 rings (SSSR count). The van der Waals surface area contributed by atoms with Gasteiger partial charge in [0.1, 0.15) is 10.6 Å². The van der Waals surface area contributed by atoms with E-state index in [0.717, 1.165) is 6.07 Å². The van der Waals surface area contributed by atoms with Crippen LogP contribution in [0, 0.1) is 11.8 Å². The van der Waals surface area contributed by atoms with Crippen molar-refractivity contribution in [2.75, 3.05) is 0 Å². The number of carbonyl (C=O) groups excluding carboxylic acids is 3. The summed E-state index contributed by atoms with van der Waals surface area (Å²) < 4.78 is 6.09. The molecule has 0 spiro atoms. The molecule has 4 atom stereocenters. The van der Waals surface area contributed by atoms with Gasteiger partial charge in [-0.2, -0.15) is 10.3 Å². The van der Waals surface area contributed by atoms with Gasteiger partial charge in [0.15, 0.2) is 23.0 Å². The molecular formula is C30H30N2O11. The van der Waals surface area contributed by atoms with Crippen LogP contribution in [0.15, 0.2) is 65.6 Å². The summed E-state index contributed by atoms with van der Waals surface area (Å²) in [6.07, 6.45) is 0.588. The number of hydrogen-bond acceptors (Lipinski definition) is 11. The number of benzene rings is 2. The second-order valence-electron chi connectivity index (χ2n) is 10.7. The van der Waals surface area contributed by atoms with E-state index in [9.17, 15) is 45.2 Å². The number of rotatable bonds is 6. The maximum absolute atomic E-state index is 13.8. The average molecular weight is 595 g/mol. The summed E-state index contributed by atoms with van der Waals surface area (Å²) >= 11 is 0. The highest BCUT2D eigenvalue weighted by Gasteiger charge is 2.77. The van der Waals surface area contributed by atoms with E-state index in [2.05, 4.69) is 0 Å². The third-order valence-corrected chi connectivity index (χ3v) is 8.28. The Hall–Kier alpha value is -4.85.